The molecule has 0 saturated carbocycles. The molecule has 0 bridgehead atoms. The van der Waals surface area contributed by atoms with Crippen molar-refractivity contribution in [1.29, 1.82) is 0 Å². The lowest BCUT2D eigenvalue weighted by molar-refractivity contribution is 0.542. The average Bonchev–Trinajstić information content (AvgIpc) is 2.34. The Kier molecular flexibility index (Phi) is 14.8. The van der Waals surface area contributed by atoms with Crippen LogP contribution in [-0.4, -0.2) is 6.00 Å². The lowest BCUT2D eigenvalue weighted by atomic mass is 10.1. The Labute approximate surface area is 135 Å². The molecule has 0 heterocycles. The first kappa shape index (κ1) is 20.1. The zero-order chi connectivity index (χ0) is 14.4. The molecule has 116 valence electrons. The van der Waals surface area contributed by atoms with Crippen LogP contribution in [0.15, 0.2) is 0 Å². The maximum Gasteiger partial charge on any atom is 0.341 e. The fourth-order valence-electron chi connectivity index (χ4n) is 2.34. The molecule has 0 amide bonds. The molecule has 0 aliphatic carbocycles. The van der Waals surface area contributed by atoms with Crippen LogP contribution in [-0.2, 0) is 0 Å². The third-order valence-electron chi connectivity index (χ3n) is 3.56. The quantitative estimate of drug-likeness (QED) is 0.171. The van der Waals surface area contributed by atoms with Crippen molar-refractivity contribution in [3.8, 4) is 0 Å². The predicted octanol–water partition coefficient (Wildman–Crippen LogP) is 7.73. The van der Waals surface area contributed by atoms with Gasteiger partial charge in [-0.2, -0.15) is 0 Å². The van der Waals surface area contributed by atoms with E-state index in [1.807, 2.05) is 0 Å². The predicted molar refractivity (Wildman–Crippen MR) is 93.8 cm³/mol. The molecule has 0 radical (unpaired) electrons. The Morgan fingerprint density at radius 3 is 1.16 bits per heavy atom. The van der Waals surface area contributed by atoms with E-state index in [-0.39, 0.29) is 0 Å². The molecule has 19 heavy (non-hydrogen) atoms. The van der Waals surface area contributed by atoms with Crippen molar-refractivity contribution >= 4 is 39.2 Å². The van der Waals surface area contributed by atoms with Gasteiger partial charge in [0.1, 0.15) is 0 Å². The van der Waals surface area contributed by atoms with Gasteiger partial charge >= 0.3 is 6.00 Å². The minimum atomic E-state index is -2.34. The van der Waals surface area contributed by atoms with E-state index >= 15 is 0 Å². The summed E-state index contributed by atoms with van der Waals surface area (Å²) in [5.41, 5.74) is 0. The Morgan fingerprint density at radius 1 is 0.526 bits per heavy atom. The summed E-state index contributed by atoms with van der Waals surface area (Å²) >= 11 is 17.5. The van der Waals surface area contributed by atoms with E-state index in [1.165, 1.54) is 77.0 Å². The van der Waals surface area contributed by atoms with Gasteiger partial charge in [-0.05, 0) is 6.04 Å². The maximum atomic E-state index is 5.85. The topological polar surface area (TPSA) is 0 Å². The number of unbranched alkanes of at least 4 members (excludes halogenated alkanes) is 12. The van der Waals surface area contributed by atoms with Crippen LogP contribution in [0.5, 0.6) is 0 Å². The van der Waals surface area contributed by atoms with Gasteiger partial charge in [0.05, 0.1) is 0 Å². The zero-order valence-electron chi connectivity index (χ0n) is 12.5. The van der Waals surface area contributed by atoms with Crippen molar-refractivity contribution in [3.63, 3.8) is 0 Å². The summed E-state index contributed by atoms with van der Waals surface area (Å²) in [5.74, 6) is 0. The van der Waals surface area contributed by atoms with Crippen molar-refractivity contribution < 1.29 is 0 Å². The van der Waals surface area contributed by atoms with Gasteiger partial charge in [-0.15, -0.1) is 33.2 Å². The van der Waals surface area contributed by atoms with Crippen LogP contribution in [0, 0.1) is 0 Å². The van der Waals surface area contributed by atoms with Gasteiger partial charge < -0.3 is 0 Å². The highest BCUT2D eigenvalue weighted by molar-refractivity contribution is 7.64. The number of halogens is 3. The Hall–Kier alpha value is 1.09. The van der Waals surface area contributed by atoms with Gasteiger partial charge in [-0.25, -0.2) is 0 Å². The van der Waals surface area contributed by atoms with Gasteiger partial charge in [0.15, 0.2) is 0 Å². The molecule has 4 heteroatoms. The number of rotatable bonds is 14. The van der Waals surface area contributed by atoms with Crippen LogP contribution < -0.4 is 0 Å². The third-order valence-corrected chi connectivity index (χ3v) is 6.19. The van der Waals surface area contributed by atoms with E-state index in [0.29, 0.717) is 0 Å². The fraction of sp³-hybridized carbons (Fsp3) is 1.00. The first-order valence-corrected chi connectivity index (χ1v) is 13.4. The van der Waals surface area contributed by atoms with E-state index in [4.69, 9.17) is 33.2 Å². The molecule has 0 nitrogen and oxygen atoms in total. The minimum absolute atomic E-state index is 0.829. The minimum Gasteiger partial charge on any atom is -0.126 e. The summed E-state index contributed by atoms with van der Waals surface area (Å²) in [6, 6.07) is -1.51. The summed E-state index contributed by atoms with van der Waals surface area (Å²) in [6.45, 7) is 2.27. The number of hydrogen-bond donors (Lipinski definition) is 0. The second-order valence-electron chi connectivity index (χ2n) is 5.61. The molecule has 0 aromatic heterocycles. The SMILES string of the molecule is CCCCCCCCCCCCCCC[Si](Cl)(Cl)Cl. The molecule has 0 fully saturated rings. The third kappa shape index (κ3) is 19.1. The Bertz CT molecular complexity index is 181. The first-order valence-electron chi connectivity index (χ1n) is 8.13. The second kappa shape index (κ2) is 14.0. The van der Waals surface area contributed by atoms with Gasteiger partial charge in [-0.3, -0.25) is 0 Å². The molecule has 0 spiro atoms. The standard InChI is InChI=1S/C15H31Cl3Si/c1-2-3-4-5-6-7-8-9-10-11-12-13-14-15-19(16,17)18/h2-15H2,1H3. The molecule has 0 saturated heterocycles. The summed E-state index contributed by atoms with van der Waals surface area (Å²) < 4.78 is 0. The van der Waals surface area contributed by atoms with Crippen molar-refractivity contribution in [1.82, 2.24) is 0 Å². The van der Waals surface area contributed by atoms with Crippen LogP contribution in [0.25, 0.3) is 0 Å². The van der Waals surface area contributed by atoms with Gasteiger partial charge in [0.25, 0.3) is 0 Å². The second-order valence-corrected chi connectivity index (χ2v) is 14.9. The molecule has 0 rings (SSSR count). The molecule has 0 aliphatic heterocycles. The maximum absolute atomic E-state index is 5.85. The first-order chi connectivity index (χ1) is 9.06. The molecule has 0 aliphatic rings. The Morgan fingerprint density at radius 2 is 0.842 bits per heavy atom. The monoisotopic (exact) mass is 344 g/mol. The fourth-order valence-corrected chi connectivity index (χ4v) is 4.20. The smallest absolute Gasteiger partial charge is 0.126 e. The van der Waals surface area contributed by atoms with Gasteiger partial charge in [-0.1, -0.05) is 90.4 Å². The van der Waals surface area contributed by atoms with Crippen LogP contribution in [0.2, 0.25) is 6.04 Å². The highest BCUT2D eigenvalue weighted by Crippen LogP contribution is 2.27. The van der Waals surface area contributed by atoms with E-state index in [9.17, 15) is 0 Å². The lowest BCUT2D eigenvalue weighted by Gasteiger charge is -2.06. The van der Waals surface area contributed by atoms with Crippen molar-refractivity contribution in [2.45, 2.75) is 96.4 Å². The highest BCUT2D eigenvalue weighted by atomic mass is 35.8. The van der Waals surface area contributed by atoms with E-state index in [1.54, 1.807) is 0 Å². The largest absolute Gasteiger partial charge is 0.341 e. The zero-order valence-corrected chi connectivity index (χ0v) is 15.8. The van der Waals surface area contributed by atoms with Crippen LogP contribution in [0.3, 0.4) is 0 Å². The van der Waals surface area contributed by atoms with Crippen molar-refractivity contribution in [3.05, 3.63) is 0 Å². The van der Waals surface area contributed by atoms with E-state index in [2.05, 4.69) is 6.92 Å². The van der Waals surface area contributed by atoms with Crippen LogP contribution >= 0.6 is 33.2 Å². The number of hydrogen-bond acceptors (Lipinski definition) is 0. The van der Waals surface area contributed by atoms with E-state index < -0.39 is 6.00 Å². The van der Waals surface area contributed by atoms with Crippen LogP contribution in [0.4, 0.5) is 0 Å². The molecule has 0 atom stereocenters. The van der Waals surface area contributed by atoms with Crippen molar-refractivity contribution in [2.24, 2.45) is 0 Å². The lowest BCUT2D eigenvalue weighted by Crippen LogP contribution is -2.07. The normalized spacial score (nSPS) is 12.0. The van der Waals surface area contributed by atoms with Gasteiger partial charge in [0, 0.05) is 0 Å². The summed E-state index contributed by atoms with van der Waals surface area (Å²) in [6.07, 6.45) is 17.7. The summed E-state index contributed by atoms with van der Waals surface area (Å²) in [5, 5.41) is 0. The van der Waals surface area contributed by atoms with Gasteiger partial charge in [0.2, 0.25) is 0 Å². The molecular weight excluding hydrogens is 315 g/mol. The van der Waals surface area contributed by atoms with Crippen molar-refractivity contribution in [2.75, 3.05) is 0 Å². The highest BCUT2D eigenvalue weighted by Gasteiger charge is 2.23. The van der Waals surface area contributed by atoms with Crippen LogP contribution in [0.1, 0.15) is 90.4 Å². The van der Waals surface area contributed by atoms with E-state index in [0.717, 1.165) is 12.5 Å². The molecular formula is C15H31Cl3Si. The average molecular weight is 346 g/mol. The summed E-state index contributed by atoms with van der Waals surface area (Å²) in [7, 11) is 0. The molecule has 0 aromatic carbocycles. The summed E-state index contributed by atoms with van der Waals surface area (Å²) in [4.78, 5) is 0. The molecule has 0 unspecified atom stereocenters. The molecule has 0 N–H and O–H groups in total. The molecule has 0 aromatic rings. The Balaban J connectivity index is 2.99.